The second kappa shape index (κ2) is 6.85. The van der Waals surface area contributed by atoms with Crippen LogP contribution in [0.25, 0.3) is 0 Å². The maximum atomic E-state index is 12.2. The molecule has 0 aromatic carbocycles. The molecule has 0 saturated heterocycles. The molecule has 1 aromatic rings. The number of aromatic nitrogens is 3. The Hall–Kier alpha value is -1.15. The number of alkyl halides is 3. The molecule has 0 radical (unpaired) electrons. The minimum Gasteiger partial charge on any atom is -0.271 e. The van der Waals surface area contributed by atoms with Crippen LogP contribution in [0.15, 0.2) is 6.33 Å². The summed E-state index contributed by atoms with van der Waals surface area (Å²) in [7, 11) is 0. The van der Waals surface area contributed by atoms with Crippen LogP contribution < -0.4 is 11.3 Å². The van der Waals surface area contributed by atoms with Crippen LogP contribution in [-0.4, -0.2) is 27.0 Å². The maximum absolute atomic E-state index is 12.2. The minimum atomic E-state index is -4.17. The summed E-state index contributed by atoms with van der Waals surface area (Å²) in [4.78, 5) is 4.08. The van der Waals surface area contributed by atoms with Gasteiger partial charge in [-0.15, -0.1) is 0 Å². The molecule has 5 nitrogen and oxygen atoms in total. The predicted molar refractivity (Wildman–Crippen MR) is 65.0 cm³/mol. The molecule has 0 aliphatic carbocycles. The van der Waals surface area contributed by atoms with Crippen molar-refractivity contribution in [1.29, 1.82) is 0 Å². The van der Waals surface area contributed by atoms with Crippen LogP contribution >= 0.6 is 0 Å². The molecule has 0 bridgehead atoms. The molecule has 3 N–H and O–H groups in total. The van der Waals surface area contributed by atoms with Crippen LogP contribution in [-0.2, 0) is 13.0 Å². The molecule has 110 valence electrons. The zero-order chi connectivity index (χ0) is 14.5. The molecule has 8 heteroatoms. The number of rotatable bonds is 7. The lowest BCUT2D eigenvalue weighted by molar-refractivity contribution is -0.136. The SMILES string of the molecule is CC(C)Cn1ncnc1CC(CCC(F)(F)F)NN. The third-order valence-corrected chi connectivity index (χ3v) is 2.67. The Morgan fingerprint density at radius 2 is 2.11 bits per heavy atom. The molecule has 1 aromatic heterocycles. The summed E-state index contributed by atoms with van der Waals surface area (Å²) in [5.41, 5.74) is 2.41. The number of hydrazine groups is 1. The fourth-order valence-corrected chi connectivity index (χ4v) is 1.75. The maximum Gasteiger partial charge on any atom is 0.389 e. The Kier molecular flexibility index (Phi) is 5.74. The first kappa shape index (κ1) is 15.9. The lowest BCUT2D eigenvalue weighted by Crippen LogP contribution is -2.38. The van der Waals surface area contributed by atoms with Gasteiger partial charge in [0.15, 0.2) is 0 Å². The Balaban J connectivity index is 2.58. The van der Waals surface area contributed by atoms with Crippen LogP contribution in [0.5, 0.6) is 0 Å². The zero-order valence-corrected chi connectivity index (χ0v) is 11.1. The third kappa shape index (κ3) is 6.02. The molecule has 0 fully saturated rings. The predicted octanol–water partition coefficient (Wildman–Crippen LogP) is 1.65. The van der Waals surface area contributed by atoms with E-state index in [4.69, 9.17) is 5.84 Å². The van der Waals surface area contributed by atoms with E-state index in [1.807, 2.05) is 13.8 Å². The van der Waals surface area contributed by atoms with Crippen molar-refractivity contribution in [3.05, 3.63) is 12.2 Å². The minimum absolute atomic E-state index is 0.0749. The number of halogens is 3. The van der Waals surface area contributed by atoms with Gasteiger partial charge in [0, 0.05) is 25.4 Å². The molecule has 0 saturated carbocycles. The molecule has 0 spiro atoms. The highest BCUT2D eigenvalue weighted by molar-refractivity contribution is 4.90. The topological polar surface area (TPSA) is 68.8 Å². The van der Waals surface area contributed by atoms with Gasteiger partial charge in [0.2, 0.25) is 0 Å². The van der Waals surface area contributed by atoms with Gasteiger partial charge in [-0.25, -0.2) is 9.67 Å². The average molecular weight is 279 g/mol. The smallest absolute Gasteiger partial charge is 0.271 e. The van der Waals surface area contributed by atoms with E-state index < -0.39 is 18.6 Å². The Morgan fingerprint density at radius 1 is 1.42 bits per heavy atom. The first-order valence-corrected chi connectivity index (χ1v) is 6.21. The first-order valence-electron chi connectivity index (χ1n) is 6.21. The molecule has 1 rings (SSSR count). The fourth-order valence-electron chi connectivity index (χ4n) is 1.75. The largest absolute Gasteiger partial charge is 0.389 e. The Morgan fingerprint density at radius 3 is 2.63 bits per heavy atom. The van der Waals surface area contributed by atoms with Crippen molar-refractivity contribution in [3.8, 4) is 0 Å². The summed E-state index contributed by atoms with van der Waals surface area (Å²) in [5, 5.41) is 4.07. The second-order valence-electron chi connectivity index (χ2n) is 4.97. The molecule has 1 heterocycles. The van der Waals surface area contributed by atoms with Gasteiger partial charge in [-0.05, 0) is 12.3 Å². The number of hydrogen-bond acceptors (Lipinski definition) is 4. The van der Waals surface area contributed by atoms with E-state index in [0.29, 0.717) is 24.7 Å². The van der Waals surface area contributed by atoms with Crippen molar-refractivity contribution in [1.82, 2.24) is 20.2 Å². The van der Waals surface area contributed by atoms with E-state index in [1.54, 1.807) is 4.68 Å². The van der Waals surface area contributed by atoms with Gasteiger partial charge in [-0.2, -0.15) is 18.3 Å². The molecule has 1 atom stereocenters. The van der Waals surface area contributed by atoms with Gasteiger partial charge in [0.05, 0.1) is 0 Å². The molecule has 0 aliphatic rings. The van der Waals surface area contributed by atoms with Crippen molar-refractivity contribution < 1.29 is 13.2 Å². The first-order chi connectivity index (χ1) is 8.81. The van der Waals surface area contributed by atoms with E-state index in [1.165, 1.54) is 6.33 Å². The highest BCUT2D eigenvalue weighted by Crippen LogP contribution is 2.22. The summed E-state index contributed by atoms with van der Waals surface area (Å²) in [6.45, 7) is 4.76. The number of nitrogens with two attached hydrogens (primary N) is 1. The normalized spacial score (nSPS) is 14.1. The summed E-state index contributed by atoms with van der Waals surface area (Å²) < 4.78 is 38.3. The van der Waals surface area contributed by atoms with Gasteiger partial charge in [0.1, 0.15) is 12.2 Å². The Labute approximate surface area is 110 Å². The molecule has 19 heavy (non-hydrogen) atoms. The number of nitrogens with zero attached hydrogens (tertiary/aromatic N) is 3. The number of nitrogens with one attached hydrogen (secondary N) is 1. The quantitative estimate of drug-likeness (QED) is 0.588. The van der Waals surface area contributed by atoms with Crippen molar-refractivity contribution in [2.75, 3.05) is 0 Å². The number of hydrogen-bond donors (Lipinski definition) is 2. The lowest BCUT2D eigenvalue weighted by Gasteiger charge is -2.17. The van der Waals surface area contributed by atoms with Gasteiger partial charge < -0.3 is 0 Å². The van der Waals surface area contributed by atoms with Crippen LogP contribution in [0.4, 0.5) is 13.2 Å². The third-order valence-electron chi connectivity index (χ3n) is 2.67. The standard InChI is InChI=1S/C11H20F3N5/c1-8(2)6-19-10(16-7-17-19)5-9(18-15)3-4-11(12,13)14/h7-9,18H,3-6,15H2,1-2H3. The van der Waals surface area contributed by atoms with Crippen molar-refractivity contribution >= 4 is 0 Å². The highest BCUT2D eigenvalue weighted by Gasteiger charge is 2.28. The van der Waals surface area contributed by atoms with Crippen LogP contribution in [0.1, 0.15) is 32.5 Å². The van der Waals surface area contributed by atoms with Crippen LogP contribution in [0, 0.1) is 5.92 Å². The summed E-state index contributed by atoms with van der Waals surface area (Å²) in [6.07, 6.45) is -3.36. The van der Waals surface area contributed by atoms with Gasteiger partial charge >= 0.3 is 6.18 Å². The Bertz CT molecular complexity index is 375. The molecule has 1 unspecified atom stereocenters. The van der Waals surface area contributed by atoms with E-state index in [0.717, 1.165) is 0 Å². The second-order valence-corrected chi connectivity index (χ2v) is 4.97. The van der Waals surface area contributed by atoms with Crippen LogP contribution in [0.3, 0.4) is 0 Å². The molecule has 0 aliphatic heterocycles. The van der Waals surface area contributed by atoms with Gasteiger partial charge in [-0.1, -0.05) is 13.8 Å². The van der Waals surface area contributed by atoms with Crippen molar-refractivity contribution in [2.45, 2.75) is 51.9 Å². The zero-order valence-electron chi connectivity index (χ0n) is 11.1. The fraction of sp³-hybridized carbons (Fsp3) is 0.818. The molecular formula is C11H20F3N5. The lowest BCUT2D eigenvalue weighted by atomic mass is 10.1. The monoisotopic (exact) mass is 279 g/mol. The summed E-state index contributed by atoms with van der Waals surface area (Å²) >= 11 is 0. The van der Waals surface area contributed by atoms with E-state index in [2.05, 4.69) is 15.5 Å². The molecular weight excluding hydrogens is 259 g/mol. The van der Waals surface area contributed by atoms with Crippen molar-refractivity contribution in [2.24, 2.45) is 11.8 Å². The van der Waals surface area contributed by atoms with Crippen molar-refractivity contribution in [3.63, 3.8) is 0 Å². The summed E-state index contributed by atoms with van der Waals surface area (Å²) in [5.74, 6) is 6.34. The van der Waals surface area contributed by atoms with E-state index in [-0.39, 0.29) is 6.42 Å². The summed E-state index contributed by atoms with van der Waals surface area (Å²) in [6, 6.07) is -0.461. The van der Waals surface area contributed by atoms with Gasteiger partial charge in [0.25, 0.3) is 0 Å². The molecule has 0 amide bonds. The van der Waals surface area contributed by atoms with E-state index >= 15 is 0 Å². The average Bonchev–Trinajstić information content (AvgIpc) is 2.69. The van der Waals surface area contributed by atoms with E-state index in [9.17, 15) is 13.2 Å². The van der Waals surface area contributed by atoms with Gasteiger partial charge in [-0.3, -0.25) is 11.3 Å². The highest BCUT2D eigenvalue weighted by atomic mass is 19.4. The van der Waals surface area contributed by atoms with Crippen LogP contribution in [0.2, 0.25) is 0 Å².